The molecule has 4 bridgehead atoms. The average Bonchev–Trinajstić information content (AvgIpc) is 2.93. The smallest absolute Gasteiger partial charge is 0.404 e. The zero-order valence-electron chi connectivity index (χ0n) is 14.9. The number of hydrogen-bond acceptors (Lipinski definition) is 3. The first-order chi connectivity index (χ1) is 12.4. The van der Waals surface area contributed by atoms with E-state index >= 15 is 0 Å². The number of rotatable bonds is 3. The Kier molecular flexibility index (Phi) is 3.77. The molecule has 140 valence electrons. The molecular weight excluding hydrogens is 351 g/mol. The van der Waals surface area contributed by atoms with Gasteiger partial charge in [0.25, 0.3) is 0 Å². The number of fused-ring (bicyclic) bond motifs is 4. The maximum absolute atomic E-state index is 11.4. The highest BCUT2D eigenvalue weighted by Gasteiger charge is 2.48. The van der Waals surface area contributed by atoms with Crippen molar-refractivity contribution in [3.8, 4) is 5.75 Å². The summed E-state index contributed by atoms with van der Waals surface area (Å²) in [6.07, 6.45) is 4.67. The number of H-pyrrole nitrogens is 1. The molecule has 6 rings (SSSR count). The van der Waals surface area contributed by atoms with Crippen molar-refractivity contribution in [2.45, 2.75) is 44.6 Å². The monoisotopic (exact) mass is 376 g/mol. The summed E-state index contributed by atoms with van der Waals surface area (Å²) in [5.74, 6) is 2.28. The molecule has 3 fully saturated rings. The molecule has 5 atom stereocenters. The van der Waals surface area contributed by atoms with Crippen LogP contribution in [-0.2, 0) is 11.0 Å². The summed E-state index contributed by atoms with van der Waals surface area (Å²) >= 11 is 0. The van der Waals surface area contributed by atoms with Gasteiger partial charge in [0.2, 0.25) is 0 Å². The van der Waals surface area contributed by atoms with Gasteiger partial charge in [-0.15, -0.1) is 0 Å². The van der Waals surface area contributed by atoms with Gasteiger partial charge < -0.3 is 9.51 Å². The zero-order valence-corrected chi connectivity index (χ0v) is 15.8. The predicted octanol–water partition coefficient (Wildman–Crippen LogP) is 3.40. The molecular formula is C19H25N2O4P. The first-order valence-corrected chi connectivity index (χ1v) is 11.1. The molecule has 0 radical (unpaired) electrons. The second-order valence-electron chi connectivity index (χ2n) is 8.13. The molecule has 1 aliphatic carbocycles. The van der Waals surface area contributed by atoms with Crippen LogP contribution >= 0.6 is 7.82 Å². The van der Waals surface area contributed by atoms with Crippen molar-refractivity contribution in [3.63, 3.8) is 0 Å². The standard InChI is InChI=1S/C19H25N2O4P/c1-2-12-8-11-9-14-18-13(6-7-21(10-11)19(12)14)17-15(20-18)4-3-5-16(17)25-26(22,23)24/h3-5,11-12,14,19-20H,2,6-10H2,1H3,(H2,22,23,24). The third-order valence-corrected chi connectivity index (χ3v) is 7.15. The largest absolute Gasteiger partial charge is 0.524 e. The maximum atomic E-state index is 11.4. The van der Waals surface area contributed by atoms with Crippen LogP contribution in [0.1, 0.15) is 43.4 Å². The third-order valence-electron chi connectivity index (χ3n) is 6.72. The molecule has 3 aliphatic heterocycles. The van der Waals surface area contributed by atoms with E-state index < -0.39 is 7.82 Å². The lowest BCUT2D eigenvalue weighted by molar-refractivity contribution is -0.0134. The van der Waals surface area contributed by atoms with Gasteiger partial charge in [-0.1, -0.05) is 19.4 Å². The van der Waals surface area contributed by atoms with Gasteiger partial charge in [-0.2, -0.15) is 0 Å². The number of benzene rings is 1. The van der Waals surface area contributed by atoms with Gasteiger partial charge in [-0.3, -0.25) is 14.7 Å². The molecule has 1 saturated carbocycles. The summed E-state index contributed by atoms with van der Waals surface area (Å²) < 4.78 is 16.5. The van der Waals surface area contributed by atoms with Crippen LogP contribution in [0.25, 0.3) is 10.9 Å². The number of phosphoric acid groups is 1. The van der Waals surface area contributed by atoms with E-state index in [1.807, 2.05) is 6.07 Å². The minimum atomic E-state index is -4.59. The number of nitrogens with zero attached hydrogens (tertiary/aromatic N) is 1. The fraction of sp³-hybridized carbons (Fsp3) is 0.579. The maximum Gasteiger partial charge on any atom is 0.524 e. The van der Waals surface area contributed by atoms with Crippen LogP contribution in [-0.4, -0.2) is 38.8 Å². The Labute approximate surface area is 152 Å². The van der Waals surface area contributed by atoms with Gasteiger partial charge in [0.1, 0.15) is 5.75 Å². The molecule has 5 unspecified atom stereocenters. The molecule has 4 aliphatic rings. The van der Waals surface area contributed by atoms with Crippen LogP contribution in [0.3, 0.4) is 0 Å². The van der Waals surface area contributed by atoms with Gasteiger partial charge in [0.15, 0.2) is 0 Å². The van der Waals surface area contributed by atoms with Crippen LogP contribution in [0.4, 0.5) is 0 Å². The van der Waals surface area contributed by atoms with E-state index in [1.165, 1.54) is 37.1 Å². The van der Waals surface area contributed by atoms with Crippen LogP contribution in [0, 0.1) is 11.8 Å². The first kappa shape index (κ1) is 16.8. The van der Waals surface area contributed by atoms with Gasteiger partial charge in [-0.05, 0) is 48.8 Å². The SMILES string of the molecule is CCC1CC2CC3c4[nH]c5cccc(OP(=O)(O)O)c5c4CCN(C2)C13. The minimum Gasteiger partial charge on any atom is -0.404 e. The molecule has 0 spiro atoms. The van der Waals surface area contributed by atoms with Gasteiger partial charge in [-0.25, -0.2) is 4.57 Å². The van der Waals surface area contributed by atoms with Gasteiger partial charge >= 0.3 is 7.82 Å². The van der Waals surface area contributed by atoms with E-state index in [0.717, 1.165) is 35.7 Å². The fourth-order valence-corrected chi connectivity index (χ4v) is 6.33. The van der Waals surface area contributed by atoms with E-state index in [-0.39, 0.29) is 5.75 Å². The van der Waals surface area contributed by atoms with Crippen molar-refractivity contribution in [2.75, 3.05) is 13.1 Å². The molecule has 2 aromatic rings. The minimum absolute atomic E-state index is 0.289. The summed E-state index contributed by atoms with van der Waals surface area (Å²) in [5, 5.41) is 0.850. The Hall–Kier alpha value is -1.33. The predicted molar refractivity (Wildman–Crippen MR) is 99.3 cm³/mol. The number of hydrogen-bond donors (Lipinski definition) is 3. The highest BCUT2D eigenvalue weighted by molar-refractivity contribution is 7.46. The quantitative estimate of drug-likeness (QED) is 0.715. The van der Waals surface area contributed by atoms with Gasteiger partial charge in [0.05, 0.1) is 0 Å². The molecule has 7 heteroatoms. The molecule has 0 amide bonds. The van der Waals surface area contributed by atoms with E-state index in [4.69, 9.17) is 4.52 Å². The number of phosphoric ester groups is 1. The second-order valence-corrected chi connectivity index (χ2v) is 9.29. The summed E-state index contributed by atoms with van der Waals surface area (Å²) in [7, 11) is -4.59. The van der Waals surface area contributed by atoms with Crippen molar-refractivity contribution in [3.05, 3.63) is 29.5 Å². The highest BCUT2D eigenvalue weighted by atomic mass is 31.2. The lowest BCUT2D eigenvalue weighted by atomic mass is 9.65. The van der Waals surface area contributed by atoms with E-state index in [1.54, 1.807) is 12.1 Å². The molecule has 1 aromatic carbocycles. The second kappa shape index (κ2) is 5.83. The summed E-state index contributed by atoms with van der Waals surface area (Å²) in [6, 6.07) is 6.02. The first-order valence-electron chi connectivity index (χ1n) is 9.57. The molecule has 4 heterocycles. The topological polar surface area (TPSA) is 85.8 Å². The molecule has 26 heavy (non-hydrogen) atoms. The lowest BCUT2D eigenvalue weighted by Crippen LogP contribution is -2.56. The van der Waals surface area contributed by atoms with Crippen LogP contribution in [0.5, 0.6) is 5.75 Å². The molecule has 2 saturated heterocycles. The zero-order chi connectivity index (χ0) is 18.1. The lowest BCUT2D eigenvalue weighted by Gasteiger charge is -2.53. The van der Waals surface area contributed by atoms with Crippen LogP contribution in [0.15, 0.2) is 18.2 Å². The highest BCUT2D eigenvalue weighted by Crippen LogP contribution is 2.52. The number of nitrogens with one attached hydrogen (secondary N) is 1. The Morgan fingerprint density at radius 2 is 2.19 bits per heavy atom. The number of aromatic nitrogens is 1. The van der Waals surface area contributed by atoms with Gasteiger partial charge in [0, 0.05) is 41.6 Å². The third kappa shape index (κ3) is 2.55. The summed E-state index contributed by atoms with van der Waals surface area (Å²) in [4.78, 5) is 24.9. The molecule has 6 nitrogen and oxygen atoms in total. The summed E-state index contributed by atoms with van der Waals surface area (Å²) in [6.45, 7) is 4.51. The normalized spacial score (nSPS) is 33.1. The summed E-state index contributed by atoms with van der Waals surface area (Å²) in [5.41, 5.74) is 3.39. The van der Waals surface area contributed by atoms with Crippen molar-refractivity contribution in [2.24, 2.45) is 11.8 Å². The average molecular weight is 376 g/mol. The van der Waals surface area contributed by atoms with Crippen LogP contribution < -0.4 is 4.52 Å². The van der Waals surface area contributed by atoms with E-state index in [2.05, 4.69) is 16.8 Å². The fourth-order valence-electron chi connectivity index (χ4n) is 5.92. The Balaban J connectivity index is 1.66. The Morgan fingerprint density at radius 1 is 1.35 bits per heavy atom. The van der Waals surface area contributed by atoms with Crippen molar-refractivity contribution >= 4 is 18.7 Å². The van der Waals surface area contributed by atoms with Crippen LogP contribution in [0.2, 0.25) is 0 Å². The Bertz CT molecular complexity index is 904. The van der Waals surface area contributed by atoms with E-state index in [0.29, 0.717) is 12.0 Å². The molecule has 3 N–H and O–H groups in total. The Morgan fingerprint density at radius 3 is 2.96 bits per heavy atom. The van der Waals surface area contributed by atoms with Crippen molar-refractivity contribution < 1.29 is 18.9 Å². The van der Waals surface area contributed by atoms with E-state index in [9.17, 15) is 14.4 Å². The molecule has 1 aromatic heterocycles. The van der Waals surface area contributed by atoms with Crippen molar-refractivity contribution in [1.82, 2.24) is 9.88 Å². The number of aromatic amines is 1. The van der Waals surface area contributed by atoms with Crippen molar-refractivity contribution in [1.29, 1.82) is 0 Å². The number of piperidine rings is 2.